The van der Waals surface area contributed by atoms with Crippen LogP contribution in [0.15, 0.2) is 42.5 Å². The van der Waals surface area contributed by atoms with Crippen LogP contribution < -0.4 is 0 Å². The summed E-state index contributed by atoms with van der Waals surface area (Å²) in [7, 11) is 0.262. The van der Waals surface area contributed by atoms with Crippen molar-refractivity contribution < 1.29 is 4.79 Å². The smallest absolute Gasteiger partial charge is 0.211 e. The summed E-state index contributed by atoms with van der Waals surface area (Å²) in [4.78, 5) is 12.6. The van der Waals surface area contributed by atoms with Gasteiger partial charge in [0.15, 0.2) is 5.75 Å². The molecule has 0 saturated carbocycles. The number of carbonyl (C=O) groups excluding carboxylic acids is 1. The lowest BCUT2D eigenvalue weighted by atomic mass is 10.1. The Morgan fingerprint density at radius 3 is 2.18 bits per heavy atom. The molecule has 0 heterocycles. The molecule has 0 aliphatic carbocycles. The van der Waals surface area contributed by atoms with Gasteiger partial charge in [0.1, 0.15) is 11.5 Å². The molecule has 0 saturated heterocycles. The summed E-state index contributed by atoms with van der Waals surface area (Å²) in [6.07, 6.45) is 4.94. The highest BCUT2D eigenvalue weighted by Crippen LogP contribution is 2.17. The lowest BCUT2D eigenvalue weighted by molar-refractivity contribution is 0.102. The molecule has 0 atom stereocenters. The van der Waals surface area contributed by atoms with Gasteiger partial charge in [-0.1, -0.05) is 63.1 Å². The first-order valence-corrected chi connectivity index (χ1v) is 10.1. The van der Waals surface area contributed by atoms with Gasteiger partial charge in [0.2, 0.25) is 5.78 Å². The monoisotopic (exact) mass is 315 g/mol. The maximum atomic E-state index is 12.6. The Bertz CT molecular complexity index is 597. The summed E-state index contributed by atoms with van der Waals surface area (Å²) >= 11 is 0. The number of rotatable bonds is 9. The molecule has 0 radical (unpaired) electrons. The second-order valence-corrected chi connectivity index (χ2v) is 8.19. The van der Waals surface area contributed by atoms with E-state index in [4.69, 9.17) is 0 Å². The molecule has 0 unspecified atom stereocenters. The number of Topliss-reactive ketones (excluding diaryl/α,β-unsaturated/α-hetero) is 1. The van der Waals surface area contributed by atoms with Crippen LogP contribution in [-0.4, -0.2) is 23.0 Å². The molecule has 0 aromatic heterocycles. The third kappa shape index (κ3) is 4.88. The minimum Gasteiger partial charge on any atom is -0.289 e. The van der Waals surface area contributed by atoms with Crippen LogP contribution in [0.4, 0.5) is 0 Å². The molecule has 0 bridgehead atoms. The summed E-state index contributed by atoms with van der Waals surface area (Å²) in [6, 6.07) is 14.4. The normalized spacial score (nSPS) is 11.2. The summed E-state index contributed by atoms with van der Waals surface area (Å²) in [5.74, 6) is 3.49. The summed E-state index contributed by atoms with van der Waals surface area (Å²) < 4.78 is 0. The lowest BCUT2D eigenvalue weighted by Crippen LogP contribution is -2.22. The summed E-state index contributed by atoms with van der Waals surface area (Å²) in [6.45, 7) is 4.46. The topological polar surface area (TPSA) is 17.1 Å². The van der Waals surface area contributed by atoms with Gasteiger partial charge < -0.3 is 0 Å². The minimum atomic E-state index is 0.262. The van der Waals surface area contributed by atoms with Crippen molar-refractivity contribution >= 4 is 27.5 Å². The molecule has 0 aliphatic rings. The second-order valence-electron chi connectivity index (χ2n) is 5.86. The zero-order chi connectivity index (χ0) is 15.8. The molecular weight excluding hydrogens is 288 g/mol. The van der Waals surface area contributed by atoms with E-state index in [0.29, 0.717) is 5.78 Å². The van der Waals surface area contributed by atoms with E-state index in [-0.39, 0.29) is 10.9 Å². The molecular formula is C20H27OS+. The van der Waals surface area contributed by atoms with E-state index in [0.717, 1.165) is 16.7 Å². The Hall–Kier alpha value is -1.28. The Balaban J connectivity index is 2.06. The highest BCUT2D eigenvalue weighted by atomic mass is 32.2. The Labute approximate surface area is 137 Å². The van der Waals surface area contributed by atoms with Crippen LogP contribution in [0.1, 0.15) is 49.9 Å². The standard InChI is InChI=1S/C20H27OS/c1-3-5-13-22(14-6-4-2)16-20(21)19-12-11-17-9-7-8-10-18(17)15-19/h7-12,15H,3-6,13-14,16H2,1-2H3/q+1. The van der Waals surface area contributed by atoms with Crippen LogP contribution in [-0.2, 0) is 10.9 Å². The quantitative estimate of drug-likeness (QED) is 0.457. The maximum absolute atomic E-state index is 12.6. The maximum Gasteiger partial charge on any atom is 0.211 e. The minimum absolute atomic E-state index is 0.262. The molecule has 0 amide bonds. The largest absolute Gasteiger partial charge is 0.289 e. The number of unbranched alkanes of at least 4 members (excludes halogenated alkanes) is 2. The number of hydrogen-bond acceptors (Lipinski definition) is 1. The van der Waals surface area contributed by atoms with Crippen molar-refractivity contribution in [1.29, 1.82) is 0 Å². The average molecular weight is 316 g/mol. The van der Waals surface area contributed by atoms with Gasteiger partial charge in [-0.15, -0.1) is 0 Å². The summed E-state index contributed by atoms with van der Waals surface area (Å²) in [5, 5.41) is 2.37. The fourth-order valence-electron chi connectivity index (χ4n) is 2.57. The molecule has 0 spiro atoms. The van der Waals surface area contributed by atoms with Crippen molar-refractivity contribution in [2.75, 3.05) is 17.3 Å². The molecule has 2 aromatic carbocycles. The Morgan fingerprint density at radius 2 is 1.55 bits per heavy atom. The first-order valence-electron chi connectivity index (χ1n) is 8.40. The Kier molecular flexibility index (Phi) is 6.98. The van der Waals surface area contributed by atoms with Crippen molar-refractivity contribution in [3.8, 4) is 0 Å². The van der Waals surface area contributed by atoms with E-state index in [1.807, 2.05) is 18.2 Å². The van der Waals surface area contributed by atoms with Crippen LogP contribution in [0.5, 0.6) is 0 Å². The van der Waals surface area contributed by atoms with Gasteiger partial charge in [-0.2, -0.15) is 0 Å². The molecule has 22 heavy (non-hydrogen) atoms. The van der Waals surface area contributed by atoms with Crippen LogP contribution in [0.2, 0.25) is 0 Å². The van der Waals surface area contributed by atoms with Crippen LogP contribution in [0.25, 0.3) is 10.8 Å². The predicted molar refractivity (Wildman–Crippen MR) is 100 cm³/mol. The summed E-state index contributed by atoms with van der Waals surface area (Å²) in [5.41, 5.74) is 0.879. The lowest BCUT2D eigenvalue weighted by Gasteiger charge is -2.08. The Morgan fingerprint density at radius 1 is 0.909 bits per heavy atom. The van der Waals surface area contributed by atoms with Crippen LogP contribution >= 0.6 is 0 Å². The third-order valence-electron chi connectivity index (χ3n) is 3.98. The van der Waals surface area contributed by atoms with Crippen molar-refractivity contribution in [1.82, 2.24) is 0 Å². The fraction of sp³-hybridized carbons (Fsp3) is 0.450. The third-order valence-corrected chi connectivity index (χ3v) is 6.38. The first kappa shape index (κ1) is 17.1. The first-order chi connectivity index (χ1) is 10.7. The number of hydrogen-bond donors (Lipinski definition) is 0. The van der Waals surface area contributed by atoms with E-state index >= 15 is 0 Å². The molecule has 118 valence electrons. The molecule has 2 aromatic rings. The SMILES string of the molecule is CCCC[S+](CCCC)CC(=O)c1ccc2ccccc2c1. The zero-order valence-corrected chi connectivity index (χ0v) is 14.6. The van der Waals surface area contributed by atoms with Crippen molar-refractivity contribution in [2.24, 2.45) is 0 Å². The van der Waals surface area contributed by atoms with E-state index < -0.39 is 0 Å². The highest BCUT2D eigenvalue weighted by Gasteiger charge is 2.22. The number of fused-ring (bicyclic) bond motifs is 1. The van der Waals surface area contributed by atoms with Gasteiger partial charge in [0, 0.05) is 5.56 Å². The van der Waals surface area contributed by atoms with Crippen molar-refractivity contribution in [3.05, 3.63) is 48.0 Å². The molecule has 2 heteroatoms. The van der Waals surface area contributed by atoms with Crippen molar-refractivity contribution in [3.63, 3.8) is 0 Å². The van der Waals surface area contributed by atoms with Gasteiger partial charge in [0.05, 0.1) is 0 Å². The van der Waals surface area contributed by atoms with Crippen molar-refractivity contribution in [2.45, 2.75) is 39.5 Å². The second kappa shape index (κ2) is 8.99. The molecule has 1 nitrogen and oxygen atoms in total. The van der Waals surface area contributed by atoms with E-state index in [9.17, 15) is 4.79 Å². The van der Waals surface area contributed by atoms with Gasteiger partial charge in [-0.25, -0.2) is 0 Å². The predicted octanol–water partition coefficient (Wildman–Crippen LogP) is 5.24. The van der Waals surface area contributed by atoms with Gasteiger partial charge in [-0.05, 0) is 40.6 Å². The fourth-order valence-corrected chi connectivity index (χ4v) is 5.00. The van der Waals surface area contributed by atoms with E-state index in [2.05, 4.69) is 38.1 Å². The molecule has 0 N–H and O–H groups in total. The molecule has 2 rings (SSSR count). The number of benzene rings is 2. The van der Waals surface area contributed by atoms with Gasteiger partial charge in [0.25, 0.3) is 0 Å². The number of ketones is 1. The van der Waals surface area contributed by atoms with E-state index in [1.165, 1.54) is 42.6 Å². The van der Waals surface area contributed by atoms with Gasteiger partial charge >= 0.3 is 0 Å². The van der Waals surface area contributed by atoms with E-state index in [1.54, 1.807) is 0 Å². The van der Waals surface area contributed by atoms with Crippen LogP contribution in [0, 0.1) is 0 Å². The molecule has 0 aliphatic heterocycles. The number of carbonyl (C=O) groups is 1. The zero-order valence-electron chi connectivity index (χ0n) is 13.8. The highest BCUT2D eigenvalue weighted by molar-refractivity contribution is 7.97. The average Bonchev–Trinajstić information content (AvgIpc) is 2.56. The van der Waals surface area contributed by atoms with Crippen LogP contribution in [0.3, 0.4) is 0 Å². The van der Waals surface area contributed by atoms with Gasteiger partial charge in [-0.3, -0.25) is 4.79 Å². The molecule has 0 fully saturated rings.